The molecule has 3 heteroatoms. The number of rotatable bonds is 4. The monoisotopic (exact) mass is 281 g/mol. The predicted molar refractivity (Wildman–Crippen MR) is 80.6 cm³/mol. The quantitative estimate of drug-likeness (QED) is 0.860. The molecule has 0 amide bonds. The van der Waals surface area contributed by atoms with Crippen molar-refractivity contribution in [1.82, 2.24) is 0 Å². The molecule has 0 bridgehead atoms. The SMILES string of the molecule is NCC1CCCCC1COC1CCOC2(CCCC2)C1. The highest BCUT2D eigenvalue weighted by atomic mass is 16.5. The lowest BCUT2D eigenvalue weighted by Gasteiger charge is -2.39. The molecule has 1 saturated heterocycles. The molecule has 0 aromatic rings. The average Bonchev–Trinajstić information content (AvgIpc) is 2.93. The van der Waals surface area contributed by atoms with Gasteiger partial charge in [-0.2, -0.15) is 0 Å². The molecule has 3 unspecified atom stereocenters. The van der Waals surface area contributed by atoms with Gasteiger partial charge in [-0.3, -0.25) is 0 Å². The van der Waals surface area contributed by atoms with Gasteiger partial charge >= 0.3 is 0 Å². The van der Waals surface area contributed by atoms with Gasteiger partial charge in [0.15, 0.2) is 0 Å². The molecule has 116 valence electrons. The van der Waals surface area contributed by atoms with Gasteiger partial charge in [0.25, 0.3) is 0 Å². The van der Waals surface area contributed by atoms with Crippen LogP contribution in [0.4, 0.5) is 0 Å². The Hall–Kier alpha value is -0.120. The van der Waals surface area contributed by atoms with E-state index in [1.807, 2.05) is 0 Å². The summed E-state index contributed by atoms with van der Waals surface area (Å²) in [6, 6.07) is 0. The highest BCUT2D eigenvalue weighted by Gasteiger charge is 2.40. The normalized spacial score (nSPS) is 37.4. The first-order chi connectivity index (χ1) is 9.81. The molecule has 1 spiro atoms. The summed E-state index contributed by atoms with van der Waals surface area (Å²) in [6.45, 7) is 2.67. The molecule has 2 aliphatic carbocycles. The van der Waals surface area contributed by atoms with Crippen molar-refractivity contribution in [3.63, 3.8) is 0 Å². The van der Waals surface area contributed by atoms with Crippen LogP contribution in [0.1, 0.15) is 64.2 Å². The number of hydrogen-bond donors (Lipinski definition) is 1. The van der Waals surface area contributed by atoms with Gasteiger partial charge in [-0.05, 0) is 50.5 Å². The van der Waals surface area contributed by atoms with E-state index in [4.69, 9.17) is 15.2 Å². The third kappa shape index (κ3) is 3.37. The summed E-state index contributed by atoms with van der Waals surface area (Å²) in [5.41, 5.74) is 6.10. The number of ether oxygens (including phenoxy) is 2. The molecule has 0 radical (unpaired) electrons. The van der Waals surface area contributed by atoms with Crippen LogP contribution >= 0.6 is 0 Å². The smallest absolute Gasteiger partial charge is 0.0707 e. The summed E-state index contributed by atoms with van der Waals surface area (Å²) in [6.07, 6.45) is 13.2. The predicted octanol–water partition coefficient (Wildman–Crippen LogP) is 3.26. The van der Waals surface area contributed by atoms with Crippen molar-refractivity contribution in [3.8, 4) is 0 Å². The fourth-order valence-electron chi connectivity index (χ4n) is 4.57. The van der Waals surface area contributed by atoms with E-state index in [1.165, 1.54) is 51.4 Å². The van der Waals surface area contributed by atoms with Gasteiger partial charge in [-0.1, -0.05) is 25.7 Å². The largest absolute Gasteiger partial charge is 0.378 e. The van der Waals surface area contributed by atoms with Crippen LogP contribution in [0.15, 0.2) is 0 Å². The first kappa shape index (κ1) is 14.8. The molecule has 0 aromatic carbocycles. The molecule has 3 nitrogen and oxygen atoms in total. The summed E-state index contributed by atoms with van der Waals surface area (Å²) >= 11 is 0. The van der Waals surface area contributed by atoms with E-state index in [-0.39, 0.29) is 5.60 Å². The zero-order valence-electron chi connectivity index (χ0n) is 12.8. The van der Waals surface area contributed by atoms with E-state index in [0.717, 1.165) is 32.6 Å². The summed E-state index contributed by atoms with van der Waals surface area (Å²) in [7, 11) is 0. The second-order valence-corrected chi connectivity index (χ2v) is 7.23. The Morgan fingerprint density at radius 1 is 1.00 bits per heavy atom. The van der Waals surface area contributed by atoms with Crippen LogP contribution in [0, 0.1) is 11.8 Å². The van der Waals surface area contributed by atoms with Crippen molar-refractivity contribution in [3.05, 3.63) is 0 Å². The lowest BCUT2D eigenvalue weighted by atomic mass is 9.79. The van der Waals surface area contributed by atoms with E-state index in [1.54, 1.807) is 0 Å². The number of hydrogen-bond acceptors (Lipinski definition) is 3. The van der Waals surface area contributed by atoms with Crippen LogP contribution in [-0.2, 0) is 9.47 Å². The Balaban J connectivity index is 1.47. The Morgan fingerprint density at radius 2 is 1.75 bits per heavy atom. The molecule has 1 heterocycles. The van der Waals surface area contributed by atoms with Gasteiger partial charge in [0.1, 0.15) is 0 Å². The Labute approximate surface area is 123 Å². The van der Waals surface area contributed by atoms with E-state index in [9.17, 15) is 0 Å². The molecule has 3 atom stereocenters. The lowest BCUT2D eigenvalue weighted by Crippen LogP contribution is -2.41. The van der Waals surface area contributed by atoms with E-state index >= 15 is 0 Å². The minimum atomic E-state index is 0.183. The molecular formula is C17H31NO2. The summed E-state index contributed by atoms with van der Waals surface area (Å²) in [5, 5.41) is 0. The Kier molecular flexibility index (Phi) is 5.00. The first-order valence-electron chi connectivity index (χ1n) is 8.77. The molecule has 1 aliphatic heterocycles. The van der Waals surface area contributed by atoms with Gasteiger partial charge in [0.05, 0.1) is 18.3 Å². The van der Waals surface area contributed by atoms with Crippen LogP contribution in [0.2, 0.25) is 0 Å². The maximum atomic E-state index is 6.31. The summed E-state index contributed by atoms with van der Waals surface area (Å²) in [4.78, 5) is 0. The fraction of sp³-hybridized carbons (Fsp3) is 1.00. The highest BCUT2D eigenvalue weighted by molar-refractivity contribution is 4.91. The molecule has 0 aromatic heterocycles. The minimum Gasteiger partial charge on any atom is -0.378 e. The van der Waals surface area contributed by atoms with Gasteiger partial charge in [-0.25, -0.2) is 0 Å². The highest BCUT2D eigenvalue weighted by Crippen LogP contribution is 2.41. The molecular weight excluding hydrogens is 250 g/mol. The van der Waals surface area contributed by atoms with Crippen molar-refractivity contribution in [2.75, 3.05) is 19.8 Å². The van der Waals surface area contributed by atoms with Crippen molar-refractivity contribution in [2.45, 2.75) is 75.9 Å². The third-order valence-electron chi connectivity index (χ3n) is 5.88. The molecule has 2 N–H and O–H groups in total. The summed E-state index contributed by atoms with van der Waals surface area (Å²) in [5.74, 6) is 1.40. The minimum absolute atomic E-state index is 0.183. The van der Waals surface area contributed by atoms with E-state index < -0.39 is 0 Å². The topological polar surface area (TPSA) is 44.5 Å². The standard InChI is InChI=1S/C17H31NO2/c18-12-14-5-1-2-6-15(14)13-19-16-7-10-20-17(11-16)8-3-4-9-17/h14-16H,1-13,18H2. The number of nitrogens with two attached hydrogens (primary N) is 1. The zero-order chi connectivity index (χ0) is 13.8. The van der Waals surface area contributed by atoms with E-state index in [0.29, 0.717) is 17.9 Å². The lowest BCUT2D eigenvalue weighted by molar-refractivity contribution is -0.136. The van der Waals surface area contributed by atoms with Gasteiger partial charge in [0, 0.05) is 13.0 Å². The van der Waals surface area contributed by atoms with Crippen molar-refractivity contribution >= 4 is 0 Å². The first-order valence-corrected chi connectivity index (χ1v) is 8.77. The van der Waals surface area contributed by atoms with Gasteiger partial charge < -0.3 is 15.2 Å². The van der Waals surface area contributed by atoms with Crippen LogP contribution in [0.5, 0.6) is 0 Å². The maximum Gasteiger partial charge on any atom is 0.0707 e. The van der Waals surface area contributed by atoms with Crippen LogP contribution < -0.4 is 5.73 Å². The van der Waals surface area contributed by atoms with Gasteiger partial charge in [0.2, 0.25) is 0 Å². The van der Waals surface area contributed by atoms with Crippen molar-refractivity contribution in [2.24, 2.45) is 17.6 Å². The second-order valence-electron chi connectivity index (χ2n) is 7.23. The molecule has 3 rings (SSSR count). The zero-order valence-corrected chi connectivity index (χ0v) is 12.8. The maximum absolute atomic E-state index is 6.31. The van der Waals surface area contributed by atoms with Crippen molar-refractivity contribution < 1.29 is 9.47 Å². The third-order valence-corrected chi connectivity index (χ3v) is 5.88. The van der Waals surface area contributed by atoms with Gasteiger partial charge in [-0.15, -0.1) is 0 Å². The Bertz CT molecular complexity index is 301. The second kappa shape index (κ2) is 6.76. The van der Waals surface area contributed by atoms with Crippen LogP contribution in [0.25, 0.3) is 0 Å². The fourth-order valence-corrected chi connectivity index (χ4v) is 4.57. The molecule has 3 aliphatic rings. The molecule has 2 saturated carbocycles. The van der Waals surface area contributed by atoms with Crippen LogP contribution in [0.3, 0.4) is 0 Å². The average molecular weight is 281 g/mol. The van der Waals surface area contributed by atoms with Crippen LogP contribution in [-0.4, -0.2) is 31.5 Å². The molecule has 20 heavy (non-hydrogen) atoms. The van der Waals surface area contributed by atoms with Crippen molar-refractivity contribution in [1.29, 1.82) is 0 Å². The van der Waals surface area contributed by atoms with E-state index in [2.05, 4.69) is 0 Å². The Morgan fingerprint density at radius 3 is 2.50 bits per heavy atom. The molecule has 3 fully saturated rings. The summed E-state index contributed by atoms with van der Waals surface area (Å²) < 4.78 is 12.4.